The highest BCUT2D eigenvalue weighted by Crippen LogP contribution is 2.33. The van der Waals surface area contributed by atoms with Gasteiger partial charge in [0.1, 0.15) is 24.5 Å². The molecule has 0 bridgehead atoms. The first-order valence-corrected chi connectivity index (χ1v) is 11.0. The van der Waals surface area contributed by atoms with Gasteiger partial charge in [0, 0.05) is 29.5 Å². The van der Waals surface area contributed by atoms with E-state index in [1.54, 1.807) is 6.20 Å². The van der Waals surface area contributed by atoms with Gasteiger partial charge >= 0.3 is 0 Å². The number of fused-ring (bicyclic) bond motifs is 1. The molecule has 0 spiro atoms. The van der Waals surface area contributed by atoms with Crippen molar-refractivity contribution < 1.29 is 9.47 Å². The van der Waals surface area contributed by atoms with E-state index in [-0.39, 0.29) is 12.5 Å². The van der Waals surface area contributed by atoms with E-state index < -0.39 is 0 Å². The molecule has 3 N–H and O–H groups in total. The third-order valence-corrected chi connectivity index (χ3v) is 5.70. The molecule has 0 aliphatic carbocycles. The monoisotopic (exact) mass is 462 g/mol. The van der Waals surface area contributed by atoms with Crippen LogP contribution in [0.3, 0.4) is 0 Å². The summed E-state index contributed by atoms with van der Waals surface area (Å²) in [6, 6.07) is 17.2. The Labute approximate surface area is 196 Å². The van der Waals surface area contributed by atoms with Crippen molar-refractivity contribution >= 4 is 39.7 Å². The lowest BCUT2D eigenvalue weighted by molar-refractivity contribution is 0.0759. The lowest BCUT2D eigenvalue weighted by atomic mass is 10.2. The predicted molar refractivity (Wildman–Crippen MR) is 129 cm³/mol. The summed E-state index contributed by atoms with van der Waals surface area (Å²) in [6.45, 7) is 3.09. The van der Waals surface area contributed by atoms with Crippen LogP contribution in [-0.2, 0) is 11.3 Å². The molecule has 2 atom stereocenters. The van der Waals surface area contributed by atoms with Gasteiger partial charge in [-0.1, -0.05) is 17.7 Å². The smallest absolute Gasteiger partial charge is 0.208 e. The molecule has 1 fully saturated rings. The number of pyridine rings is 1. The molecular formula is C24H23ClN6O2. The van der Waals surface area contributed by atoms with E-state index in [2.05, 4.69) is 25.2 Å². The van der Waals surface area contributed by atoms with E-state index in [0.717, 1.165) is 28.0 Å². The van der Waals surface area contributed by atoms with Gasteiger partial charge in [-0.25, -0.2) is 9.97 Å². The molecule has 2 aromatic carbocycles. The fourth-order valence-electron chi connectivity index (χ4n) is 3.79. The molecule has 9 heteroatoms. The second kappa shape index (κ2) is 9.09. The van der Waals surface area contributed by atoms with Crippen molar-refractivity contribution in [3.8, 4) is 5.75 Å². The minimum absolute atomic E-state index is 0.0372. The molecule has 1 unspecified atom stereocenters. The van der Waals surface area contributed by atoms with Gasteiger partial charge in [0.15, 0.2) is 0 Å². The highest BCUT2D eigenvalue weighted by atomic mass is 35.5. The number of ether oxygens (including phenoxy) is 2. The van der Waals surface area contributed by atoms with Gasteiger partial charge in [0.05, 0.1) is 22.3 Å². The van der Waals surface area contributed by atoms with Crippen LogP contribution in [0.4, 0.5) is 17.2 Å². The summed E-state index contributed by atoms with van der Waals surface area (Å²) in [5.74, 6) is 1.04. The third kappa shape index (κ3) is 4.62. The van der Waals surface area contributed by atoms with Crippen LogP contribution < -0.4 is 20.7 Å². The number of aromatic nitrogens is 3. The van der Waals surface area contributed by atoms with E-state index in [1.807, 2.05) is 61.5 Å². The van der Waals surface area contributed by atoms with Gasteiger partial charge in [0.2, 0.25) is 6.35 Å². The molecule has 8 nitrogen and oxygen atoms in total. The summed E-state index contributed by atoms with van der Waals surface area (Å²) in [5, 5.41) is 4.74. The second-order valence-corrected chi connectivity index (χ2v) is 8.22. The molecule has 5 rings (SSSR count). The quantitative estimate of drug-likeness (QED) is 0.433. The molecule has 3 heterocycles. The molecular weight excluding hydrogens is 440 g/mol. The average molecular weight is 463 g/mol. The van der Waals surface area contributed by atoms with E-state index in [9.17, 15) is 0 Å². The summed E-state index contributed by atoms with van der Waals surface area (Å²) in [6.07, 6.45) is 2.86. The summed E-state index contributed by atoms with van der Waals surface area (Å²) in [4.78, 5) is 14.7. The number of hydrogen-bond acceptors (Lipinski definition) is 8. The number of nitrogens with two attached hydrogens (primary N) is 1. The zero-order valence-electron chi connectivity index (χ0n) is 18.0. The van der Waals surface area contributed by atoms with Crippen LogP contribution in [-0.4, -0.2) is 34.0 Å². The van der Waals surface area contributed by atoms with Crippen LogP contribution in [0.2, 0.25) is 5.02 Å². The Hall–Kier alpha value is -3.62. The normalized spacial score (nSPS) is 17.9. The largest absolute Gasteiger partial charge is 0.486 e. The van der Waals surface area contributed by atoms with E-state index in [1.165, 1.54) is 6.33 Å². The zero-order valence-corrected chi connectivity index (χ0v) is 18.7. The molecule has 2 aromatic heterocycles. The minimum atomic E-state index is -0.375. The molecule has 168 valence electrons. The SMILES string of the molecule is C[C@@H]1CN(c2ccc(OCc3ccccn3)c(Cl)c2)C(Nc2ccc3ncnc(N)c3c2)O1. The first-order valence-electron chi connectivity index (χ1n) is 10.6. The second-order valence-electron chi connectivity index (χ2n) is 7.81. The van der Waals surface area contributed by atoms with Crippen molar-refractivity contribution in [3.05, 3.63) is 77.8 Å². The Bertz CT molecular complexity index is 1270. The highest BCUT2D eigenvalue weighted by Gasteiger charge is 2.31. The van der Waals surface area contributed by atoms with Crippen LogP contribution in [0, 0.1) is 0 Å². The summed E-state index contributed by atoms with van der Waals surface area (Å²) in [5.41, 5.74) is 9.43. The van der Waals surface area contributed by atoms with Gasteiger partial charge in [-0.15, -0.1) is 0 Å². The molecule has 1 saturated heterocycles. The maximum absolute atomic E-state index is 6.54. The van der Waals surface area contributed by atoms with Gasteiger partial charge in [-0.2, -0.15) is 0 Å². The lowest BCUT2D eigenvalue weighted by Crippen LogP contribution is -2.36. The van der Waals surface area contributed by atoms with Crippen LogP contribution in [0.15, 0.2) is 67.1 Å². The number of hydrogen-bond donors (Lipinski definition) is 2. The number of rotatable bonds is 6. The summed E-state index contributed by atoms with van der Waals surface area (Å²) >= 11 is 6.54. The predicted octanol–water partition coefficient (Wildman–Crippen LogP) is 4.46. The lowest BCUT2D eigenvalue weighted by Gasteiger charge is -2.27. The number of anilines is 3. The Morgan fingerprint density at radius 2 is 2.06 bits per heavy atom. The van der Waals surface area contributed by atoms with Crippen LogP contribution in [0.1, 0.15) is 12.6 Å². The average Bonchev–Trinajstić information content (AvgIpc) is 3.19. The van der Waals surface area contributed by atoms with Crippen molar-refractivity contribution in [2.45, 2.75) is 26.0 Å². The first-order chi connectivity index (χ1) is 16.1. The number of benzene rings is 2. The molecule has 33 heavy (non-hydrogen) atoms. The maximum atomic E-state index is 6.54. The van der Waals surface area contributed by atoms with Crippen molar-refractivity contribution in [1.29, 1.82) is 0 Å². The maximum Gasteiger partial charge on any atom is 0.208 e. The Balaban J connectivity index is 1.33. The molecule has 1 aliphatic rings. The highest BCUT2D eigenvalue weighted by molar-refractivity contribution is 6.32. The Morgan fingerprint density at radius 3 is 2.88 bits per heavy atom. The standard InChI is InChI=1S/C24H23ClN6O2/c1-15-12-31(18-6-8-22(20(25)11-18)32-13-17-4-2-3-9-27-17)24(33-15)30-16-5-7-21-19(10-16)23(26)29-14-28-21/h2-11,14-15,24,30H,12-13H2,1H3,(H2,26,28,29)/t15-,24?/m1/s1. The summed E-state index contributed by atoms with van der Waals surface area (Å²) in [7, 11) is 0. The minimum Gasteiger partial charge on any atom is -0.486 e. The van der Waals surface area contributed by atoms with Crippen molar-refractivity contribution in [3.63, 3.8) is 0 Å². The molecule has 1 aliphatic heterocycles. The number of nitrogen functional groups attached to an aromatic ring is 1. The number of nitrogens with one attached hydrogen (secondary N) is 1. The zero-order chi connectivity index (χ0) is 22.8. The van der Waals surface area contributed by atoms with Gasteiger partial charge in [-0.3, -0.25) is 4.98 Å². The third-order valence-electron chi connectivity index (χ3n) is 5.40. The van der Waals surface area contributed by atoms with Gasteiger partial charge in [0.25, 0.3) is 0 Å². The molecule has 0 amide bonds. The van der Waals surface area contributed by atoms with Crippen LogP contribution >= 0.6 is 11.6 Å². The Kier molecular flexibility index (Phi) is 5.85. The van der Waals surface area contributed by atoms with E-state index in [0.29, 0.717) is 29.7 Å². The number of halogens is 1. The fraction of sp³-hybridized carbons (Fsp3) is 0.208. The van der Waals surface area contributed by atoms with E-state index >= 15 is 0 Å². The first kappa shape index (κ1) is 21.2. The molecule has 0 saturated carbocycles. The Morgan fingerprint density at radius 1 is 1.15 bits per heavy atom. The molecule has 0 radical (unpaired) electrons. The van der Waals surface area contributed by atoms with Gasteiger partial charge < -0.3 is 25.4 Å². The van der Waals surface area contributed by atoms with Crippen LogP contribution in [0.25, 0.3) is 10.9 Å². The summed E-state index contributed by atoms with van der Waals surface area (Å²) < 4.78 is 12.0. The topological polar surface area (TPSA) is 98.4 Å². The van der Waals surface area contributed by atoms with Crippen LogP contribution in [0.5, 0.6) is 5.75 Å². The van der Waals surface area contributed by atoms with Crippen molar-refractivity contribution in [1.82, 2.24) is 15.0 Å². The van der Waals surface area contributed by atoms with Gasteiger partial charge in [-0.05, 0) is 55.5 Å². The fourth-order valence-corrected chi connectivity index (χ4v) is 4.02. The van der Waals surface area contributed by atoms with E-state index in [4.69, 9.17) is 26.8 Å². The number of nitrogens with zero attached hydrogens (tertiary/aromatic N) is 4. The van der Waals surface area contributed by atoms with Crippen molar-refractivity contribution in [2.75, 3.05) is 22.5 Å². The van der Waals surface area contributed by atoms with Crippen molar-refractivity contribution in [2.24, 2.45) is 0 Å². The molecule has 4 aromatic rings.